The van der Waals surface area contributed by atoms with Gasteiger partial charge in [0.05, 0.1) is 0 Å². The first kappa shape index (κ1) is 15.9. The van der Waals surface area contributed by atoms with Gasteiger partial charge in [0, 0.05) is 0 Å². The zero-order valence-electron chi connectivity index (χ0n) is 14.7. The first-order valence-corrected chi connectivity index (χ1v) is 10.2. The Hall–Kier alpha value is 0. The van der Waals surface area contributed by atoms with Gasteiger partial charge in [0.15, 0.2) is 0 Å². The third-order valence-electron chi connectivity index (χ3n) is 7.08. The highest BCUT2D eigenvalue weighted by atomic mass is 14.4. The van der Waals surface area contributed by atoms with Crippen LogP contribution in [-0.2, 0) is 0 Å². The normalized spacial score (nSPS) is 43.4. The van der Waals surface area contributed by atoms with Gasteiger partial charge in [-0.25, -0.2) is 0 Å². The van der Waals surface area contributed by atoms with Gasteiger partial charge in [-0.15, -0.1) is 0 Å². The second-order valence-electron chi connectivity index (χ2n) is 9.09. The molecular formula is C21H38. The summed E-state index contributed by atoms with van der Waals surface area (Å²) in [5, 5.41) is 0. The molecule has 0 N–H and O–H groups in total. The molecule has 0 bridgehead atoms. The van der Waals surface area contributed by atoms with Crippen molar-refractivity contribution >= 4 is 0 Å². The predicted molar refractivity (Wildman–Crippen MR) is 92.3 cm³/mol. The van der Waals surface area contributed by atoms with Crippen LogP contribution in [0.3, 0.4) is 0 Å². The monoisotopic (exact) mass is 290 g/mol. The molecule has 0 heteroatoms. The average Bonchev–Trinajstić information content (AvgIpc) is 3.22. The maximum Gasteiger partial charge on any atom is -0.0381 e. The van der Waals surface area contributed by atoms with Crippen molar-refractivity contribution in [1.29, 1.82) is 0 Å². The average molecular weight is 291 g/mol. The van der Waals surface area contributed by atoms with Crippen LogP contribution in [0, 0.1) is 35.5 Å². The minimum atomic E-state index is 1.00. The molecule has 3 atom stereocenters. The molecule has 0 aromatic carbocycles. The van der Waals surface area contributed by atoms with Crippen molar-refractivity contribution in [3.05, 3.63) is 0 Å². The van der Waals surface area contributed by atoms with Gasteiger partial charge in [-0.05, 0) is 61.2 Å². The summed E-state index contributed by atoms with van der Waals surface area (Å²) in [4.78, 5) is 0. The fourth-order valence-corrected chi connectivity index (χ4v) is 5.56. The highest BCUT2D eigenvalue weighted by Crippen LogP contribution is 2.47. The van der Waals surface area contributed by atoms with E-state index in [9.17, 15) is 0 Å². The van der Waals surface area contributed by atoms with Gasteiger partial charge in [0.1, 0.15) is 0 Å². The molecule has 3 aliphatic carbocycles. The number of hydrogen-bond acceptors (Lipinski definition) is 0. The third-order valence-corrected chi connectivity index (χ3v) is 7.08. The van der Waals surface area contributed by atoms with Gasteiger partial charge >= 0.3 is 0 Å². The molecule has 0 spiro atoms. The lowest BCUT2D eigenvalue weighted by molar-refractivity contribution is 0.158. The second kappa shape index (κ2) is 7.51. The quantitative estimate of drug-likeness (QED) is 0.522. The van der Waals surface area contributed by atoms with E-state index in [-0.39, 0.29) is 0 Å². The van der Waals surface area contributed by atoms with Gasteiger partial charge in [0.25, 0.3) is 0 Å². The van der Waals surface area contributed by atoms with E-state index in [2.05, 4.69) is 13.8 Å². The summed E-state index contributed by atoms with van der Waals surface area (Å²) in [6.07, 6.45) is 20.1. The molecule has 0 radical (unpaired) electrons. The molecule has 0 saturated heterocycles. The molecule has 0 aromatic heterocycles. The summed E-state index contributed by atoms with van der Waals surface area (Å²) in [6, 6.07) is 0. The van der Waals surface area contributed by atoms with E-state index in [0.717, 1.165) is 35.5 Å². The van der Waals surface area contributed by atoms with Gasteiger partial charge in [-0.3, -0.25) is 0 Å². The predicted octanol–water partition coefficient (Wildman–Crippen LogP) is 6.84. The molecule has 0 aliphatic heterocycles. The van der Waals surface area contributed by atoms with E-state index in [1.807, 2.05) is 0 Å². The summed E-state index contributed by atoms with van der Waals surface area (Å²) >= 11 is 0. The van der Waals surface area contributed by atoms with Gasteiger partial charge in [0.2, 0.25) is 0 Å². The molecule has 3 fully saturated rings. The Morgan fingerprint density at radius 3 is 1.57 bits per heavy atom. The van der Waals surface area contributed by atoms with Gasteiger partial charge in [-0.2, -0.15) is 0 Å². The Bertz CT molecular complexity index is 293. The molecule has 21 heavy (non-hydrogen) atoms. The Labute approximate surface area is 133 Å². The van der Waals surface area contributed by atoms with Crippen LogP contribution in [0.5, 0.6) is 0 Å². The van der Waals surface area contributed by atoms with Crippen molar-refractivity contribution in [2.24, 2.45) is 35.5 Å². The molecule has 0 aromatic rings. The largest absolute Gasteiger partial charge is 0.0625 e. The summed E-state index contributed by atoms with van der Waals surface area (Å²) in [5.74, 6) is 6.44. The lowest BCUT2D eigenvalue weighted by atomic mass is 9.70. The van der Waals surface area contributed by atoms with Crippen LogP contribution in [0.4, 0.5) is 0 Å². The summed E-state index contributed by atoms with van der Waals surface area (Å²) < 4.78 is 0. The van der Waals surface area contributed by atoms with Crippen LogP contribution < -0.4 is 0 Å². The minimum Gasteiger partial charge on any atom is -0.0625 e. The molecule has 3 rings (SSSR count). The molecule has 122 valence electrons. The summed E-state index contributed by atoms with van der Waals surface area (Å²) in [5.41, 5.74) is 0. The Balaban J connectivity index is 1.58. The molecule has 3 unspecified atom stereocenters. The molecule has 0 heterocycles. The van der Waals surface area contributed by atoms with Crippen LogP contribution in [0.2, 0.25) is 0 Å². The highest BCUT2D eigenvalue weighted by molar-refractivity contribution is 4.87. The first-order valence-electron chi connectivity index (χ1n) is 10.2. The molecule has 0 amide bonds. The van der Waals surface area contributed by atoms with Crippen LogP contribution in [0.25, 0.3) is 0 Å². The van der Waals surface area contributed by atoms with Gasteiger partial charge < -0.3 is 0 Å². The van der Waals surface area contributed by atoms with Crippen LogP contribution >= 0.6 is 0 Å². The second-order valence-corrected chi connectivity index (χ2v) is 9.09. The van der Waals surface area contributed by atoms with Crippen LogP contribution in [-0.4, -0.2) is 0 Å². The first-order chi connectivity index (χ1) is 10.2. The molecule has 3 aliphatic rings. The van der Waals surface area contributed by atoms with Crippen molar-refractivity contribution < 1.29 is 0 Å². The zero-order chi connectivity index (χ0) is 14.7. The number of rotatable bonds is 2. The molecule has 0 nitrogen and oxygen atoms in total. The van der Waals surface area contributed by atoms with Crippen molar-refractivity contribution in [1.82, 2.24) is 0 Å². The lowest BCUT2D eigenvalue weighted by Crippen LogP contribution is -2.24. The van der Waals surface area contributed by atoms with E-state index in [1.165, 1.54) is 38.5 Å². The standard InChI is InChI=1S/C21H38/c1-16-6-3-9-18(10-4-7-16)20-11-5-8-17(2)14-21(15-20)19-12-13-19/h16-21H,3-15H2,1-2H3. The van der Waals surface area contributed by atoms with Crippen molar-refractivity contribution in [2.45, 2.75) is 97.3 Å². The Kier molecular flexibility index (Phi) is 5.68. The summed E-state index contributed by atoms with van der Waals surface area (Å²) in [7, 11) is 0. The fourth-order valence-electron chi connectivity index (χ4n) is 5.56. The highest BCUT2D eigenvalue weighted by Gasteiger charge is 2.36. The Morgan fingerprint density at radius 2 is 0.952 bits per heavy atom. The summed E-state index contributed by atoms with van der Waals surface area (Å²) in [6.45, 7) is 4.99. The topological polar surface area (TPSA) is 0 Å². The SMILES string of the molecule is CC1CCCC(C2CCCC(C)CC(C3CC3)C2)CCC1. The van der Waals surface area contributed by atoms with Gasteiger partial charge in [-0.1, -0.05) is 71.6 Å². The fraction of sp³-hybridized carbons (Fsp3) is 1.00. The van der Waals surface area contributed by atoms with E-state index < -0.39 is 0 Å². The molecule has 3 saturated carbocycles. The smallest absolute Gasteiger partial charge is 0.0381 e. The minimum absolute atomic E-state index is 1.00. The van der Waals surface area contributed by atoms with Crippen molar-refractivity contribution in [3.8, 4) is 0 Å². The van der Waals surface area contributed by atoms with Crippen LogP contribution in [0.1, 0.15) is 97.3 Å². The maximum absolute atomic E-state index is 2.52. The number of hydrogen-bond donors (Lipinski definition) is 0. The maximum atomic E-state index is 2.52. The van der Waals surface area contributed by atoms with Crippen molar-refractivity contribution in [2.75, 3.05) is 0 Å². The molecular weight excluding hydrogens is 252 g/mol. The van der Waals surface area contributed by atoms with E-state index >= 15 is 0 Å². The van der Waals surface area contributed by atoms with E-state index in [0.29, 0.717) is 0 Å². The van der Waals surface area contributed by atoms with Crippen LogP contribution in [0.15, 0.2) is 0 Å². The lowest BCUT2D eigenvalue weighted by Gasteiger charge is -2.35. The zero-order valence-corrected chi connectivity index (χ0v) is 14.7. The third kappa shape index (κ3) is 4.73. The Morgan fingerprint density at radius 1 is 0.429 bits per heavy atom. The van der Waals surface area contributed by atoms with E-state index in [4.69, 9.17) is 0 Å². The van der Waals surface area contributed by atoms with E-state index in [1.54, 1.807) is 44.9 Å². The van der Waals surface area contributed by atoms with Crippen molar-refractivity contribution in [3.63, 3.8) is 0 Å².